The normalized spacial score (nSPS) is 19.9. The Hall–Kier alpha value is -2.36. The molecule has 4 rings (SSSR count). The Balaban J connectivity index is 1.67. The van der Waals surface area contributed by atoms with Gasteiger partial charge in [0.25, 0.3) is 0 Å². The minimum Gasteiger partial charge on any atom is -0.471 e. The average Bonchev–Trinajstić information content (AvgIpc) is 2.92. The number of benzene rings is 2. The van der Waals surface area contributed by atoms with Crippen LogP contribution in [-0.2, 0) is 0 Å². The van der Waals surface area contributed by atoms with Crippen LogP contribution in [0.4, 0.5) is 4.39 Å². The van der Waals surface area contributed by atoms with Crippen LogP contribution >= 0.6 is 0 Å². The van der Waals surface area contributed by atoms with Crippen LogP contribution in [0.5, 0.6) is 5.75 Å². The summed E-state index contributed by atoms with van der Waals surface area (Å²) in [4.78, 5) is 0. The number of hydrogen-bond donors (Lipinski definition) is 0. The van der Waals surface area contributed by atoms with Crippen LogP contribution in [0.2, 0.25) is 0 Å². The van der Waals surface area contributed by atoms with Gasteiger partial charge in [-0.3, -0.25) is 5.01 Å². The zero-order chi connectivity index (χ0) is 13.5. The molecule has 0 N–H and O–H groups in total. The van der Waals surface area contributed by atoms with Crippen LogP contribution < -0.4 is 4.74 Å². The van der Waals surface area contributed by atoms with E-state index in [2.05, 4.69) is 11.2 Å². The predicted octanol–water partition coefficient (Wildman–Crippen LogP) is 3.33. The zero-order valence-electron chi connectivity index (χ0n) is 10.8. The van der Waals surface area contributed by atoms with Gasteiger partial charge in [0.1, 0.15) is 11.6 Å². The van der Waals surface area contributed by atoms with Gasteiger partial charge in [-0.25, -0.2) is 4.39 Å². The number of para-hydroxylation sites is 1. The van der Waals surface area contributed by atoms with Gasteiger partial charge in [0, 0.05) is 12.0 Å². The third-order valence-electron chi connectivity index (χ3n) is 3.80. The van der Waals surface area contributed by atoms with Crippen molar-refractivity contribution in [1.82, 2.24) is 5.01 Å². The highest BCUT2D eigenvalue weighted by Crippen LogP contribution is 2.40. The van der Waals surface area contributed by atoms with Gasteiger partial charge in [0.15, 0.2) is 6.73 Å². The Bertz CT molecular complexity index is 681. The smallest absolute Gasteiger partial charge is 0.177 e. The van der Waals surface area contributed by atoms with Gasteiger partial charge in [0.2, 0.25) is 0 Å². The molecular weight excluding hydrogens is 255 g/mol. The van der Waals surface area contributed by atoms with Crippen molar-refractivity contribution in [3.63, 3.8) is 0 Å². The van der Waals surface area contributed by atoms with Crippen LogP contribution in [0.1, 0.15) is 23.6 Å². The molecule has 2 heterocycles. The highest BCUT2D eigenvalue weighted by molar-refractivity contribution is 6.01. The number of hydrazone groups is 1. The lowest BCUT2D eigenvalue weighted by Crippen LogP contribution is -2.29. The van der Waals surface area contributed by atoms with Gasteiger partial charge in [-0.15, -0.1) is 0 Å². The molecule has 0 radical (unpaired) electrons. The zero-order valence-corrected chi connectivity index (χ0v) is 10.8. The fourth-order valence-electron chi connectivity index (χ4n) is 2.78. The molecule has 0 fully saturated rings. The fraction of sp³-hybridized carbons (Fsp3) is 0.188. The van der Waals surface area contributed by atoms with Crippen LogP contribution in [0.25, 0.3) is 0 Å². The summed E-state index contributed by atoms with van der Waals surface area (Å²) < 4.78 is 18.7. The minimum absolute atomic E-state index is 0.222. The molecule has 3 nitrogen and oxygen atoms in total. The molecule has 2 aliphatic rings. The number of ether oxygens (including phenoxy) is 1. The van der Waals surface area contributed by atoms with Gasteiger partial charge in [0.05, 0.1) is 11.8 Å². The van der Waals surface area contributed by atoms with Crippen molar-refractivity contribution in [2.24, 2.45) is 5.10 Å². The number of rotatable bonds is 1. The van der Waals surface area contributed by atoms with E-state index in [1.165, 1.54) is 17.7 Å². The third kappa shape index (κ3) is 1.76. The molecule has 1 atom stereocenters. The maximum absolute atomic E-state index is 13.0. The van der Waals surface area contributed by atoms with Crippen molar-refractivity contribution in [2.75, 3.05) is 6.73 Å². The number of halogens is 1. The average molecular weight is 268 g/mol. The second-order valence-electron chi connectivity index (χ2n) is 5.02. The van der Waals surface area contributed by atoms with Crippen molar-refractivity contribution < 1.29 is 9.13 Å². The summed E-state index contributed by atoms with van der Waals surface area (Å²) in [7, 11) is 0. The number of nitrogens with zero attached hydrogens (tertiary/aromatic N) is 2. The summed E-state index contributed by atoms with van der Waals surface area (Å²) in [6.07, 6.45) is 0.825. The monoisotopic (exact) mass is 268 g/mol. The Morgan fingerprint density at radius 1 is 1.10 bits per heavy atom. The second-order valence-corrected chi connectivity index (χ2v) is 5.02. The largest absolute Gasteiger partial charge is 0.471 e. The van der Waals surface area contributed by atoms with Gasteiger partial charge in [-0.1, -0.05) is 30.3 Å². The van der Waals surface area contributed by atoms with E-state index < -0.39 is 0 Å². The lowest BCUT2D eigenvalue weighted by atomic mass is 9.97. The highest BCUT2D eigenvalue weighted by Gasteiger charge is 2.33. The van der Waals surface area contributed by atoms with Crippen molar-refractivity contribution in [2.45, 2.75) is 12.5 Å². The van der Waals surface area contributed by atoms with E-state index in [-0.39, 0.29) is 11.9 Å². The maximum atomic E-state index is 13.0. The van der Waals surface area contributed by atoms with Crippen molar-refractivity contribution >= 4 is 5.71 Å². The summed E-state index contributed by atoms with van der Waals surface area (Å²) >= 11 is 0. The Morgan fingerprint density at radius 3 is 2.75 bits per heavy atom. The molecule has 0 spiro atoms. The molecule has 0 saturated heterocycles. The first-order chi connectivity index (χ1) is 9.81. The maximum Gasteiger partial charge on any atom is 0.177 e. The molecule has 0 saturated carbocycles. The SMILES string of the molecule is Fc1ccc(C2=NN3COc4ccccc4[C@H]3C2)cc1. The summed E-state index contributed by atoms with van der Waals surface area (Å²) in [5, 5.41) is 6.57. The minimum atomic E-state index is -0.223. The first-order valence-corrected chi connectivity index (χ1v) is 6.63. The van der Waals surface area contributed by atoms with Crippen molar-refractivity contribution in [1.29, 1.82) is 0 Å². The Labute approximate surface area is 116 Å². The summed E-state index contributed by atoms with van der Waals surface area (Å²) in [6, 6.07) is 14.8. The standard InChI is InChI=1S/C16H13FN2O/c17-12-7-5-11(6-8-12)14-9-15-13-3-1-2-4-16(13)20-10-19(15)18-14/h1-8,15H,9-10H2/t15-/m1/s1. The fourth-order valence-corrected chi connectivity index (χ4v) is 2.78. The van der Waals surface area contributed by atoms with Crippen LogP contribution in [0.3, 0.4) is 0 Å². The van der Waals surface area contributed by atoms with Crippen LogP contribution in [-0.4, -0.2) is 17.5 Å². The van der Waals surface area contributed by atoms with E-state index in [0.717, 1.165) is 23.4 Å². The molecule has 2 aromatic rings. The molecule has 0 bridgehead atoms. The summed E-state index contributed by atoms with van der Waals surface area (Å²) in [5.74, 6) is 0.711. The molecule has 100 valence electrons. The first-order valence-electron chi connectivity index (χ1n) is 6.63. The quantitative estimate of drug-likeness (QED) is 0.792. The van der Waals surface area contributed by atoms with Crippen LogP contribution in [0.15, 0.2) is 53.6 Å². The van der Waals surface area contributed by atoms with Gasteiger partial charge in [-0.2, -0.15) is 5.10 Å². The second kappa shape index (κ2) is 4.34. The Kier molecular flexibility index (Phi) is 2.49. The van der Waals surface area contributed by atoms with E-state index in [0.29, 0.717) is 6.73 Å². The number of fused-ring (bicyclic) bond motifs is 3. The van der Waals surface area contributed by atoms with E-state index in [1.54, 1.807) is 12.1 Å². The topological polar surface area (TPSA) is 24.8 Å². The molecule has 2 aromatic carbocycles. The van der Waals surface area contributed by atoms with Gasteiger partial charge >= 0.3 is 0 Å². The van der Waals surface area contributed by atoms with Crippen molar-refractivity contribution in [3.8, 4) is 5.75 Å². The van der Waals surface area contributed by atoms with E-state index in [4.69, 9.17) is 4.74 Å². The summed E-state index contributed by atoms with van der Waals surface area (Å²) in [6.45, 7) is 0.465. The van der Waals surface area contributed by atoms with E-state index in [9.17, 15) is 4.39 Å². The molecule has 0 aromatic heterocycles. The predicted molar refractivity (Wildman–Crippen MR) is 74.1 cm³/mol. The molecule has 0 aliphatic carbocycles. The molecule has 2 aliphatic heterocycles. The number of hydrogen-bond acceptors (Lipinski definition) is 3. The highest BCUT2D eigenvalue weighted by atomic mass is 19.1. The first kappa shape index (κ1) is 11.5. The Morgan fingerprint density at radius 2 is 1.90 bits per heavy atom. The van der Waals surface area contributed by atoms with Gasteiger partial charge in [-0.05, 0) is 23.8 Å². The van der Waals surface area contributed by atoms with E-state index >= 15 is 0 Å². The molecule has 4 heteroatoms. The molecular formula is C16H13FN2O. The van der Waals surface area contributed by atoms with Crippen molar-refractivity contribution in [3.05, 3.63) is 65.5 Å². The van der Waals surface area contributed by atoms with E-state index in [1.807, 2.05) is 23.2 Å². The lowest BCUT2D eigenvalue weighted by Gasteiger charge is -2.30. The molecule has 20 heavy (non-hydrogen) atoms. The van der Waals surface area contributed by atoms with Crippen LogP contribution in [0, 0.1) is 5.82 Å². The molecule has 0 amide bonds. The van der Waals surface area contributed by atoms with Gasteiger partial charge < -0.3 is 4.74 Å². The molecule has 0 unspecified atom stereocenters. The lowest BCUT2D eigenvalue weighted by molar-refractivity contribution is 0.0750. The third-order valence-corrected chi connectivity index (χ3v) is 3.80. The summed E-state index contributed by atoms with van der Waals surface area (Å²) in [5.41, 5.74) is 3.12.